The summed E-state index contributed by atoms with van der Waals surface area (Å²) in [6, 6.07) is 0. The molecule has 0 spiro atoms. The highest BCUT2D eigenvalue weighted by molar-refractivity contribution is 5.78. The van der Waals surface area contributed by atoms with Crippen molar-refractivity contribution in [2.24, 2.45) is 0 Å². The molecule has 0 saturated carbocycles. The predicted octanol–water partition coefficient (Wildman–Crippen LogP) is 0.225. The minimum Gasteiger partial charge on any atom is -0.396 e. The van der Waals surface area contributed by atoms with Gasteiger partial charge in [0.1, 0.15) is 5.78 Å². The molecule has 1 aromatic heterocycles. The number of rotatable bonds is 5. The molecule has 4 nitrogen and oxygen atoms in total. The fraction of sp³-hybridized carbons (Fsp3) is 0.500. The van der Waals surface area contributed by atoms with Crippen molar-refractivity contribution >= 4 is 5.78 Å². The van der Waals surface area contributed by atoms with Crippen molar-refractivity contribution < 1.29 is 9.90 Å². The van der Waals surface area contributed by atoms with Crippen LogP contribution < -0.4 is 0 Å². The van der Waals surface area contributed by atoms with Gasteiger partial charge >= 0.3 is 0 Å². The molecule has 66 valence electrons. The SMILES string of the molecule is O=C(CCO)CCn1ccnc1. The monoisotopic (exact) mass is 168 g/mol. The van der Waals surface area contributed by atoms with E-state index in [4.69, 9.17) is 5.11 Å². The van der Waals surface area contributed by atoms with Crippen molar-refractivity contribution in [1.29, 1.82) is 0 Å². The van der Waals surface area contributed by atoms with E-state index in [0.29, 0.717) is 13.0 Å². The zero-order valence-corrected chi connectivity index (χ0v) is 6.81. The lowest BCUT2D eigenvalue weighted by Gasteiger charge is -1.99. The van der Waals surface area contributed by atoms with E-state index in [1.807, 2.05) is 10.8 Å². The fourth-order valence-electron chi connectivity index (χ4n) is 0.923. The molecule has 0 aliphatic rings. The predicted molar refractivity (Wildman–Crippen MR) is 43.6 cm³/mol. The van der Waals surface area contributed by atoms with Gasteiger partial charge in [0.25, 0.3) is 0 Å². The second kappa shape index (κ2) is 4.66. The number of hydrogen-bond acceptors (Lipinski definition) is 3. The lowest BCUT2D eigenvalue weighted by atomic mass is 10.2. The number of nitrogens with zero attached hydrogens (tertiary/aromatic N) is 2. The molecule has 0 aliphatic carbocycles. The van der Waals surface area contributed by atoms with Crippen LogP contribution in [-0.2, 0) is 11.3 Å². The van der Waals surface area contributed by atoms with Gasteiger partial charge in [-0.15, -0.1) is 0 Å². The standard InChI is InChI=1S/C8H12N2O2/c11-6-2-8(12)1-4-10-5-3-9-7-10/h3,5,7,11H,1-2,4,6H2. The van der Waals surface area contributed by atoms with E-state index in [0.717, 1.165) is 0 Å². The fourth-order valence-corrected chi connectivity index (χ4v) is 0.923. The number of aromatic nitrogens is 2. The third kappa shape index (κ3) is 2.84. The summed E-state index contributed by atoms with van der Waals surface area (Å²) in [7, 11) is 0. The summed E-state index contributed by atoms with van der Waals surface area (Å²) < 4.78 is 1.84. The second-order valence-electron chi connectivity index (χ2n) is 2.56. The normalized spacial score (nSPS) is 10.1. The molecular weight excluding hydrogens is 156 g/mol. The van der Waals surface area contributed by atoms with Gasteiger partial charge in [0.2, 0.25) is 0 Å². The topological polar surface area (TPSA) is 55.1 Å². The van der Waals surface area contributed by atoms with Crippen molar-refractivity contribution in [3.05, 3.63) is 18.7 Å². The van der Waals surface area contributed by atoms with Crippen LogP contribution >= 0.6 is 0 Å². The molecule has 1 heterocycles. The van der Waals surface area contributed by atoms with Crippen molar-refractivity contribution in [1.82, 2.24) is 9.55 Å². The first-order valence-corrected chi connectivity index (χ1v) is 3.91. The highest BCUT2D eigenvalue weighted by Crippen LogP contribution is 1.94. The third-order valence-electron chi connectivity index (χ3n) is 1.60. The van der Waals surface area contributed by atoms with Crippen molar-refractivity contribution in [3.8, 4) is 0 Å². The van der Waals surface area contributed by atoms with Gasteiger partial charge < -0.3 is 9.67 Å². The molecule has 0 saturated heterocycles. The van der Waals surface area contributed by atoms with E-state index in [9.17, 15) is 4.79 Å². The Hall–Kier alpha value is -1.16. The minimum atomic E-state index is -0.0528. The summed E-state index contributed by atoms with van der Waals surface area (Å²) in [5.41, 5.74) is 0. The lowest BCUT2D eigenvalue weighted by Crippen LogP contribution is -2.05. The number of carbonyl (C=O) groups excluding carboxylic acids is 1. The molecule has 0 bridgehead atoms. The quantitative estimate of drug-likeness (QED) is 0.684. The summed E-state index contributed by atoms with van der Waals surface area (Å²) in [6.45, 7) is 0.599. The van der Waals surface area contributed by atoms with E-state index >= 15 is 0 Å². The maximum atomic E-state index is 10.9. The zero-order valence-electron chi connectivity index (χ0n) is 6.81. The van der Waals surface area contributed by atoms with Gasteiger partial charge in [-0.3, -0.25) is 4.79 Å². The van der Waals surface area contributed by atoms with Crippen molar-refractivity contribution in [2.45, 2.75) is 19.4 Å². The van der Waals surface area contributed by atoms with Crippen molar-refractivity contribution in [3.63, 3.8) is 0 Å². The van der Waals surface area contributed by atoms with E-state index < -0.39 is 0 Å². The molecule has 0 fully saturated rings. The second-order valence-corrected chi connectivity index (χ2v) is 2.56. The molecule has 0 radical (unpaired) electrons. The van der Waals surface area contributed by atoms with Crippen LogP contribution in [0.25, 0.3) is 0 Å². The van der Waals surface area contributed by atoms with Gasteiger partial charge in [0.05, 0.1) is 6.33 Å². The summed E-state index contributed by atoms with van der Waals surface area (Å²) in [5.74, 6) is 0.0891. The maximum absolute atomic E-state index is 10.9. The van der Waals surface area contributed by atoms with Crippen molar-refractivity contribution in [2.75, 3.05) is 6.61 Å². The molecule has 1 rings (SSSR count). The number of ketones is 1. The Kier molecular flexibility index (Phi) is 3.47. The summed E-state index contributed by atoms with van der Waals surface area (Å²) in [6.07, 6.45) is 5.89. The Morgan fingerprint density at radius 1 is 1.50 bits per heavy atom. The molecule has 4 heteroatoms. The molecule has 0 aliphatic heterocycles. The number of imidazole rings is 1. The molecular formula is C8H12N2O2. The van der Waals surface area contributed by atoms with Crippen LogP contribution in [0, 0.1) is 0 Å². The number of aliphatic hydroxyl groups is 1. The van der Waals surface area contributed by atoms with Gasteiger partial charge in [-0.2, -0.15) is 0 Å². The van der Waals surface area contributed by atoms with E-state index in [1.54, 1.807) is 12.5 Å². The van der Waals surface area contributed by atoms with E-state index in [2.05, 4.69) is 4.98 Å². The van der Waals surface area contributed by atoms with Gasteiger partial charge in [-0.05, 0) is 0 Å². The zero-order chi connectivity index (χ0) is 8.81. The molecule has 0 aromatic carbocycles. The third-order valence-corrected chi connectivity index (χ3v) is 1.60. The first-order valence-electron chi connectivity index (χ1n) is 3.91. The van der Waals surface area contributed by atoms with Crippen LogP contribution in [0.1, 0.15) is 12.8 Å². The Balaban J connectivity index is 2.22. The van der Waals surface area contributed by atoms with Gasteiger partial charge in [0, 0.05) is 38.4 Å². The van der Waals surface area contributed by atoms with Crippen LogP contribution in [0.2, 0.25) is 0 Å². The minimum absolute atomic E-state index is 0.0528. The first-order chi connectivity index (χ1) is 5.83. The Labute approximate surface area is 70.9 Å². The molecule has 0 unspecified atom stereocenters. The summed E-state index contributed by atoms with van der Waals surface area (Å²) >= 11 is 0. The maximum Gasteiger partial charge on any atom is 0.136 e. The number of Topliss-reactive ketones (excluding diaryl/α,β-unsaturated/α-hetero) is 1. The van der Waals surface area contributed by atoms with E-state index in [1.165, 1.54) is 0 Å². The van der Waals surface area contributed by atoms with Gasteiger partial charge in [-0.1, -0.05) is 0 Å². The number of aryl methyl sites for hydroxylation is 1. The number of hydrogen-bond donors (Lipinski definition) is 1. The van der Waals surface area contributed by atoms with Crippen LogP contribution in [0.5, 0.6) is 0 Å². The molecule has 1 N–H and O–H groups in total. The first kappa shape index (κ1) is 8.93. The molecule has 12 heavy (non-hydrogen) atoms. The smallest absolute Gasteiger partial charge is 0.136 e. The van der Waals surface area contributed by atoms with Crippen LogP contribution in [0.3, 0.4) is 0 Å². The molecule has 1 aromatic rings. The summed E-state index contributed by atoms with van der Waals surface area (Å²) in [4.78, 5) is 14.8. The average Bonchev–Trinajstić information content (AvgIpc) is 2.53. The van der Waals surface area contributed by atoms with Crippen LogP contribution in [0.15, 0.2) is 18.7 Å². The Morgan fingerprint density at radius 3 is 2.92 bits per heavy atom. The Morgan fingerprint density at radius 2 is 2.33 bits per heavy atom. The highest BCUT2D eigenvalue weighted by atomic mass is 16.3. The number of aliphatic hydroxyl groups excluding tert-OH is 1. The van der Waals surface area contributed by atoms with Crippen LogP contribution in [-0.4, -0.2) is 27.0 Å². The lowest BCUT2D eigenvalue weighted by molar-refractivity contribution is -0.119. The molecule has 0 atom stereocenters. The van der Waals surface area contributed by atoms with E-state index in [-0.39, 0.29) is 18.8 Å². The van der Waals surface area contributed by atoms with Gasteiger partial charge in [-0.25, -0.2) is 4.98 Å². The molecule has 0 amide bonds. The number of carbonyl (C=O) groups is 1. The largest absolute Gasteiger partial charge is 0.396 e. The van der Waals surface area contributed by atoms with Gasteiger partial charge in [0.15, 0.2) is 0 Å². The highest BCUT2D eigenvalue weighted by Gasteiger charge is 2.00. The van der Waals surface area contributed by atoms with Crippen LogP contribution in [0.4, 0.5) is 0 Å². The summed E-state index contributed by atoms with van der Waals surface area (Å²) in [5, 5.41) is 8.45. The Bertz CT molecular complexity index is 231. The average molecular weight is 168 g/mol.